The lowest BCUT2D eigenvalue weighted by Crippen LogP contribution is -2.25. The molecule has 0 bridgehead atoms. The van der Waals surface area contributed by atoms with Gasteiger partial charge in [0.2, 0.25) is 10.0 Å². The van der Waals surface area contributed by atoms with Gasteiger partial charge < -0.3 is 5.32 Å². The van der Waals surface area contributed by atoms with Gasteiger partial charge in [0.15, 0.2) is 0 Å². The van der Waals surface area contributed by atoms with Crippen LogP contribution in [0.4, 0.5) is 18.9 Å². The minimum atomic E-state index is -4.42. The summed E-state index contributed by atoms with van der Waals surface area (Å²) in [6.45, 7) is 0.385. The van der Waals surface area contributed by atoms with Crippen molar-refractivity contribution in [1.82, 2.24) is 9.71 Å². The van der Waals surface area contributed by atoms with E-state index in [-0.39, 0.29) is 16.5 Å². The van der Waals surface area contributed by atoms with Gasteiger partial charge in [-0.1, -0.05) is 18.2 Å². The van der Waals surface area contributed by atoms with E-state index in [1.807, 2.05) is 0 Å². The van der Waals surface area contributed by atoms with Crippen molar-refractivity contribution in [3.63, 3.8) is 0 Å². The van der Waals surface area contributed by atoms with Crippen LogP contribution in [0.3, 0.4) is 0 Å². The van der Waals surface area contributed by atoms with Crippen molar-refractivity contribution in [3.05, 3.63) is 65.9 Å². The van der Waals surface area contributed by atoms with Gasteiger partial charge >= 0.3 is 6.18 Å². The van der Waals surface area contributed by atoms with Crippen molar-refractivity contribution in [2.75, 3.05) is 5.32 Å². The molecule has 0 radical (unpaired) electrons. The molecule has 1 saturated carbocycles. The highest BCUT2D eigenvalue weighted by molar-refractivity contribution is 7.89. The lowest BCUT2D eigenvalue weighted by atomic mass is 10.1. The first-order valence-electron chi connectivity index (χ1n) is 9.03. The quantitative estimate of drug-likeness (QED) is 0.622. The van der Waals surface area contributed by atoms with E-state index in [4.69, 9.17) is 0 Å². The maximum atomic E-state index is 12.9. The molecule has 0 saturated heterocycles. The molecule has 2 aromatic carbocycles. The van der Waals surface area contributed by atoms with E-state index < -0.39 is 21.8 Å². The van der Waals surface area contributed by atoms with Crippen LogP contribution in [-0.4, -0.2) is 19.4 Å². The van der Waals surface area contributed by atoms with Gasteiger partial charge in [0, 0.05) is 29.9 Å². The number of nitrogens with one attached hydrogen (secondary N) is 2. The molecule has 2 N–H and O–H groups in total. The summed E-state index contributed by atoms with van der Waals surface area (Å²) in [5.74, 6) is 0. The van der Waals surface area contributed by atoms with Crippen molar-refractivity contribution in [3.8, 4) is 0 Å². The molecule has 0 atom stereocenters. The summed E-state index contributed by atoms with van der Waals surface area (Å²) in [5.41, 5.74) is 0.992. The molecular formula is C20H18F3N3O2S. The smallest absolute Gasteiger partial charge is 0.380 e. The molecule has 152 valence electrons. The monoisotopic (exact) mass is 421 g/mol. The summed E-state index contributed by atoms with van der Waals surface area (Å²) in [5, 5.41) is 3.75. The third-order valence-corrected chi connectivity index (χ3v) is 6.22. The van der Waals surface area contributed by atoms with E-state index >= 15 is 0 Å². The van der Waals surface area contributed by atoms with Crippen LogP contribution in [0, 0.1) is 0 Å². The van der Waals surface area contributed by atoms with E-state index in [0.29, 0.717) is 17.6 Å². The Morgan fingerprint density at radius 2 is 1.76 bits per heavy atom. The number of halogens is 3. The van der Waals surface area contributed by atoms with E-state index in [0.717, 1.165) is 30.5 Å². The maximum Gasteiger partial charge on any atom is 0.416 e. The fourth-order valence-corrected chi connectivity index (χ4v) is 4.26. The van der Waals surface area contributed by atoms with Crippen LogP contribution in [0.5, 0.6) is 0 Å². The predicted molar refractivity (Wildman–Crippen MR) is 104 cm³/mol. The zero-order valence-electron chi connectivity index (χ0n) is 15.2. The lowest BCUT2D eigenvalue weighted by Gasteiger charge is -2.12. The summed E-state index contributed by atoms with van der Waals surface area (Å²) in [4.78, 5) is 4.24. The van der Waals surface area contributed by atoms with Crippen LogP contribution in [0.1, 0.15) is 24.0 Å². The first kappa shape index (κ1) is 19.7. The van der Waals surface area contributed by atoms with Gasteiger partial charge in [-0.15, -0.1) is 0 Å². The molecule has 0 amide bonds. The Bertz CT molecular complexity index is 1140. The predicted octanol–water partition coefficient (Wildman–Crippen LogP) is 4.31. The third kappa shape index (κ3) is 4.51. The summed E-state index contributed by atoms with van der Waals surface area (Å²) >= 11 is 0. The van der Waals surface area contributed by atoms with E-state index in [1.165, 1.54) is 12.3 Å². The number of pyridine rings is 1. The molecule has 0 aliphatic heterocycles. The number of nitrogens with zero attached hydrogens (tertiary/aromatic N) is 1. The number of anilines is 1. The summed E-state index contributed by atoms with van der Waals surface area (Å²) in [6.07, 6.45) is -1.24. The minimum Gasteiger partial charge on any atom is -0.380 e. The van der Waals surface area contributed by atoms with Gasteiger partial charge in [-0.2, -0.15) is 13.2 Å². The molecule has 29 heavy (non-hydrogen) atoms. The minimum absolute atomic E-state index is 0.0409. The second-order valence-electron chi connectivity index (χ2n) is 6.98. The van der Waals surface area contributed by atoms with Crippen LogP contribution >= 0.6 is 0 Å². The Hall–Kier alpha value is -2.65. The van der Waals surface area contributed by atoms with E-state index in [1.54, 1.807) is 30.3 Å². The molecule has 4 rings (SSSR count). The van der Waals surface area contributed by atoms with Crippen LogP contribution in [-0.2, 0) is 22.7 Å². The molecule has 1 heterocycles. The van der Waals surface area contributed by atoms with Gasteiger partial charge in [-0.25, -0.2) is 13.1 Å². The second-order valence-corrected chi connectivity index (χ2v) is 8.70. The van der Waals surface area contributed by atoms with Gasteiger partial charge in [0.25, 0.3) is 0 Å². The lowest BCUT2D eigenvalue weighted by molar-refractivity contribution is -0.137. The molecular weight excluding hydrogens is 403 g/mol. The first-order valence-corrected chi connectivity index (χ1v) is 10.5. The van der Waals surface area contributed by atoms with Crippen molar-refractivity contribution in [2.24, 2.45) is 0 Å². The highest BCUT2D eigenvalue weighted by Crippen LogP contribution is 2.32. The fraction of sp³-hybridized carbons (Fsp3) is 0.250. The number of benzene rings is 2. The van der Waals surface area contributed by atoms with Gasteiger partial charge in [-0.05, 0) is 48.7 Å². The Morgan fingerprint density at radius 1 is 1.03 bits per heavy atom. The highest BCUT2D eigenvalue weighted by atomic mass is 32.2. The highest BCUT2D eigenvalue weighted by Gasteiger charge is 2.30. The molecule has 0 spiro atoms. The number of aromatic nitrogens is 1. The van der Waals surface area contributed by atoms with E-state index in [9.17, 15) is 21.6 Å². The molecule has 3 aromatic rings. The Labute approximate surface area is 166 Å². The summed E-state index contributed by atoms with van der Waals surface area (Å²) < 4.78 is 65.7. The average molecular weight is 421 g/mol. The molecule has 1 fully saturated rings. The molecule has 5 nitrogen and oxygen atoms in total. The molecule has 9 heteroatoms. The fourth-order valence-electron chi connectivity index (χ4n) is 2.95. The van der Waals surface area contributed by atoms with Crippen LogP contribution in [0.25, 0.3) is 10.9 Å². The van der Waals surface area contributed by atoms with Crippen molar-refractivity contribution in [1.29, 1.82) is 0 Å². The Morgan fingerprint density at radius 3 is 2.41 bits per heavy atom. The van der Waals surface area contributed by atoms with Crippen LogP contribution < -0.4 is 10.0 Å². The summed E-state index contributed by atoms with van der Waals surface area (Å²) in [7, 11) is -3.50. The summed E-state index contributed by atoms with van der Waals surface area (Å²) in [6, 6.07) is 11.7. The number of hydrogen-bond acceptors (Lipinski definition) is 4. The van der Waals surface area contributed by atoms with Crippen molar-refractivity contribution >= 4 is 26.6 Å². The average Bonchev–Trinajstić information content (AvgIpc) is 3.49. The van der Waals surface area contributed by atoms with Gasteiger partial charge in [0.1, 0.15) is 0 Å². The standard InChI is InChI=1S/C20H18F3N3O2S/c21-20(22,23)14-3-8-17-18(9-10-24-19(17)11-14)25-12-13-1-6-16(7-2-13)29(27,28)26-15-4-5-15/h1-3,6-11,15,26H,4-5,12H2,(H,24,25). The van der Waals surface area contributed by atoms with Gasteiger partial charge in [0.05, 0.1) is 16.0 Å². The van der Waals surface area contributed by atoms with E-state index in [2.05, 4.69) is 15.0 Å². The van der Waals surface area contributed by atoms with Crippen molar-refractivity contribution in [2.45, 2.75) is 36.5 Å². The SMILES string of the molecule is O=S(=O)(NC1CC1)c1ccc(CNc2ccnc3cc(C(F)(F)F)ccc23)cc1. The maximum absolute atomic E-state index is 12.9. The number of sulfonamides is 1. The topological polar surface area (TPSA) is 71.1 Å². The van der Waals surface area contributed by atoms with Gasteiger partial charge in [-0.3, -0.25) is 4.98 Å². The van der Waals surface area contributed by atoms with Crippen LogP contribution in [0.15, 0.2) is 59.6 Å². The normalized spacial score (nSPS) is 14.9. The largest absolute Gasteiger partial charge is 0.416 e. The molecule has 1 aliphatic rings. The number of hydrogen-bond donors (Lipinski definition) is 2. The van der Waals surface area contributed by atoms with Crippen LogP contribution in [0.2, 0.25) is 0 Å². The first-order chi connectivity index (χ1) is 13.7. The number of fused-ring (bicyclic) bond motifs is 1. The van der Waals surface area contributed by atoms with Crippen molar-refractivity contribution < 1.29 is 21.6 Å². The Kier molecular flexibility index (Phi) is 4.95. The second kappa shape index (κ2) is 7.31. The number of rotatable bonds is 6. The zero-order chi connectivity index (χ0) is 20.6. The molecule has 0 unspecified atom stereocenters. The zero-order valence-corrected chi connectivity index (χ0v) is 16.0. The third-order valence-electron chi connectivity index (χ3n) is 4.69. The Balaban J connectivity index is 1.49. The number of alkyl halides is 3. The molecule has 1 aromatic heterocycles. The molecule has 1 aliphatic carbocycles.